The third-order valence-corrected chi connectivity index (χ3v) is 0.402. The van der Waals surface area contributed by atoms with E-state index in [9.17, 15) is 0 Å². The zero-order chi connectivity index (χ0) is 4.83. The summed E-state index contributed by atoms with van der Waals surface area (Å²) in [5.41, 5.74) is 7.90. The largest absolute Gasteiger partial charge is 0.326 e. The van der Waals surface area contributed by atoms with Crippen molar-refractivity contribution in [2.45, 2.75) is 6.92 Å². The van der Waals surface area contributed by atoms with Crippen LogP contribution in [0.1, 0.15) is 6.92 Å². The fraction of sp³-hybridized carbons (Fsp3) is 0.400. The minimum atomic E-state index is 0.588. The molecule has 0 aliphatic rings. The van der Waals surface area contributed by atoms with Gasteiger partial charge >= 0.3 is 0 Å². The molecule has 1 nitrogen and oxygen atoms in total. The highest BCUT2D eigenvalue weighted by Crippen LogP contribution is 1.57. The molecule has 0 atom stereocenters. The lowest BCUT2D eigenvalue weighted by molar-refractivity contribution is 1.26. The van der Waals surface area contributed by atoms with Gasteiger partial charge in [0.1, 0.15) is 0 Å². The van der Waals surface area contributed by atoms with E-state index in [2.05, 4.69) is 5.73 Å². The van der Waals surface area contributed by atoms with Crippen LogP contribution in [0.2, 0.25) is 0 Å². The minimum Gasteiger partial charge on any atom is -0.326 e. The second-order valence-electron chi connectivity index (χ2n) is 0.895. The Morgan fingerprint density at radius 3 is 2.67 bits per heavy atom. The molecular weight excluding hydrogens is 74.1 g/mol. The maximum absolute atomic E-state index is 5.08. The smallest absolute Gasteiger partial charge is 0.0182 e. The molecule has 0 aromatic heterocycles. The van der Waals surface area contributed by atoms with Crippen LogP contribution in [0.3, 0.4) is 0 Å². The summed E-state index contributed by atoms with van der Waals surface area (Å²) in [5, 5.41) is 0. The molecule has 0 heterocycles. The zero-order valence-electron chi connectivity index (χ0n) is 3.94. The van der Waals surface area contributed by atoms with E-state index >= 15 is 0 Å². The van der Waals surface area contributed by atoms with Crippen molar-refractivity contribution in [3.63, 3.8) is 0 Å². The van der Waals surface area contributed by atoms with E-state index in [1.54, 1.807) is 6.08 Å². The Bertz CT molecular complexity index is 68.0. The van der Waals surface area contributed by atoms with E-state index in [0.717, 1.165) is 0 Å². The first-order valence-electron chi connectivity index (χ1n) is 1.97. The molecular formula is C5H9N. The Hall–Kier alpha value is -0.520. The van der Waals surface area contributed by atoms with E-state index < -0.39 is 0 Å². The van der Waals surface area contributed by atoms with Crippen LogP contribution in [0.15, 0.2) is 17.9 Å². The van der Waals surface area contributed by atoms with Crippen LogP contribution in [0, 0.1) is 0 Å². The van der Waals surface area contributed by atoms with Crippen molar-refractivity contribution < 1.29 is 0 Å². The van der Waals surface area contributed by atoms with Crippen molar-refractivity contribution in [2.75, 3.05) is 6.54 Å². The lowest BCUT2D eigenvalue weighted by atomic mass is 10.5. The van der Waals surface area contributed by atoms with Gasteiger partial charge < -0.3 is 5.73 Å². The van der Waals surface area contributed by atoms with Crippen LogP contribution < -0.4 is 5.73 Å². The molecule has 6 heavy (non-hydrogen) atoms. The number of hydrogen-bond donors (Lipinski definition) is 1. The summed E-state index contributed by atoms with van der Waals surface area (Å²) < 4.78 is 0. The number of hydrogen-bond acceptors (Lipinski definition) is 1. The summed E-state index contributed by atoms with van der Waals surface area (Å²) >= 11 is 0. The van der Waals surface area contributed by atoms with E-state index in [1.165, 1.54) is 0 Å². The minimum absolute atomic E-state index is 0.588. The summed E-state index contributed by atoms with van der Waals surface area (Å²) in [6, 6.07) is 0. The fourth-order valence-corrected chi connectivity index (χ4v) is 0.186. The number of nitrogens with two attached hydrogens (primary N) is 1. The topological polar surface area (TPSA) is 26.0 Å². The highest BCUT2D eigenvalue weighted by molar-refractivity contribution is 4.81. The molecule has 2 N–H and O–H groups in total. The SMILES string of the molecule is CC=C=CCN. The molecule has 0 spiro atoms. The molecule has 0 unspecified atom stereocenters. The molecule has 0 amide bonds. The Morgan fingerprint density at radius 1 is 1.83 bits per heavy atom. The fourth-order valence-electron chi connectivity index (χ4n) is 0.186. The van der Waals surface area contributed by atoms with Crippen LogP contribution in [-0.2, 0) is 0 Å². The van der Waals surface area contributed by atoms with Crippen LogP contribution in [0.4, 0.5) is 0 Å². The monoisotopic (exact) mass is 83.1 g/mol. The van der Waals surface area contributed by atoms with Crippen LogP contribution in [0.5, 0.6) is 0 Å². The van der Waals surface area contributed by atoms with Gasteiger partial charge in [0, 0.05) is 6.54 Å². The third-order valence-electron chi connectivity index (χ3n) is 0.402. The highest BCUT2D eigenvalue weighted by Gasteiger charge is 1.51. The van der Waals surface area contributed by atoms with Crippen LogP contribution in [-0.4, -0.2) is 6.54 Å². The molecule has 0 bridgehead atoms. The first kappa shape index (κ1) is 5.48. The molecule has 0 aliphatic carbocycles. The molecule has 0 aromatic carbocycles. The normalized spacial score (nSPS) is 6.33. The molecule has 0 rings (SSSR count). The third kappa shape index (κ3) is 3.48. The number of rotatable bonds is 1. The molecule has 0 fully saturated rings. The average molecular weight is 83.1 g/mol. The second-order valence-corrected chi connectivity index (χ2v) is 0.895. The molecule has 1 heteroatoms. The lowest BCUT2D eigenvalue weighted by Gasteiger charge is -1.64. The van der Waals surface area contributed by atoms with E-state index in [-0.39, 0.29) is 0 Å². The summed E-state index contributed by atoms with van der Waals surface area (Å²) in [4.78, 5) is 0. The first-order chi connectivity index (χ1) is 2.91. The standard InChI is InChI=1S/C5H9N/c1-2-3-4-5-6/h2,4H,5-6H2,1H3. The van der Waals surface area contributed by atoms with Crippen molar-refractivity contribution in [3.05, 3.63) is 17.9 Å². The summed E-state index contributed by atoms with van der Waals surface area (Å²) in [6.07, 6.45) is 3.60. The van der Waals surface area contributed by atoms with Gasteiger partial charge in [-0.2, -0.15) is 0 Å². The van der Waals surface area contributed by atoms with E-state index in [0.29, 0.717) is 6.54 Å². The Balaban J connectivity index is 3.18. The Labute approximate surface area is 38.2 Å². The van der Waals surface area contributed by atoms with Crippen molar-refractivity contribution >= 4 is 0 Å². The quantitative estimate of drug-likeness (QED) is 0.463. The summed E-state index contributed by atoms with van der Waals surface area (Å²) in [6.45, 7) is 2.50. The van der Waals surface area contributed by atoms with Gasteiger partial charge in [-0.3, -0.25) is 0 Å². The van der Waals surface area contributed by atoms with Gasteiger partial charge in [-0.05, 0) is 19.1 Å². The maximum Gasteiger partial charge on any atom is 0.0182 e. The second kappa shape index (κ2) is 4.48. The van der Waals surface area contributed by atoms with Crippen molar-refractivity contribution in [2.24, 2.45) is 5.73 Å². The van der Waals surface area contributed by atoms with Crippen molar-refractivity contribution in [3.8, 4) is 0 Å². The predicted molar refractivity (Wildman–Crippen MR) is 27.4 cm³/mol. The Kier molecular flexibility index (Phi) is 4.09. The van der Waals surface area contributed by atoms with Crippen molar-refractivity contribution in [1.29, 1.82) is 0 Å². The van der Waals surface area contributed by atoms with Gasteiger partial charge in [-0.15, -0.1) is 5.73 Å². The highest BCUT2D eigenvalue weighted by atomic mass is 14.5. The zero-order valence-corrected chi connectivity index (χ0v) is 3.94. The molecule has 34 valence electrons. The van der Waals surface area contributed by atoms with Crippen molar-refractivity contribution in [1.82, 2.24) is 0 Å². The molecule has 0 aromatic rings. The van der Waals surface area contributed by atoms with Crippen LogP contribution in [0.25, 0.3) is 0 Å². The van der Waals surface area contributed by atoms with E-state index in [1.807, 2.05) is 13.0 Å². The first-order valence-corrected chi connectivity index (χ1v) is 1.97. The van der Waals surface area contributed by atoms with Gasteiger partial charge in [0.2, 0.25) is 0 Å². The molecule has 0 saturated heterocycles. The van der Waals surface area contributed by atoms with Gasteiger partial charge in [-0.25, -0.2) is 0 Å². The summed E-state index contributed by atoms with van der Waals surface area (Å²) in [5.74, 6) is 0. The van der Waals surface area contributed by atoms with Gasteiger partial charge in [0.15, 0.2) is 0 Å². The average Bonchev–Trinajstić information content (AvgIpc) is 1.61. The van der Waals surface area contributed by atoms with Gasteiger partial charge in [0.25, 0.3) is 0 Å². The maximum atomic E-state index is 5.08. The lowest BCUT2D eigenvalue weighted by Crippen LogP contribution is -1.90. The van der Waals surface area contributed by atoms with Crippen LogP contribution >= 0.6 is 0 Å². The van der Waals surface area contributed by atoms with E-state index in [4.69, 9.17) is 5.73 Å². The molecule has 0 saturated carbocycles. The molecule has 0 aliphatic heterocycles. The summed E-state index contributed by atoms with van der Waals surface area (Å²) in [7, 11) is 0. The molecule has 0 radical (unpaired) electrons. The predicted octanol–water partition coefficient (Wildman–Crippen LogP) is 0.676. The van der Waals surface area contributed by atoms with Gasteiger partial charge in [-0.1, -0.05) is 0 Å². The Morgan fingerprint density at radius 2 is 2.50 bits per heavy atom. The van der Waals surface area contributed by atoms with Gasteiger partial charge in [0.05, 0.1) is 0 Å².